The van der Waals surface area contributed by atoms with Crippen LogP contribution in [-0.2, 0) is 0 Å². The number of hydrogen-bond acceptors (Lipinski definition) is 2. The molecule has 0 atom stereocenters. The van der Waals surface area contributed by atoms with Crippen LogP contribution in [0, 0.1) is 0 Å². The van der Waals surface area contributed by atoms with Crippen LogP contribution in [0.3, 0.4) is 0 Å². The number of rotatable bonds is 11. The van der Waals surface area contributed by atoms with Crippen LogP contribution in [0.5, 0.6) is 0 Å². The van der Waals surface area contributed by atoms with Crippen LogP contribution >= 0.6 is 0 Å². The number of hydrogen-bond donors (Lipinski definition) is 0. The molecule has 0 saturated carbocycles. The fourth-order valence-electron chi connectivity index (χ4n) is 18.5. The maximum atomic E-state index is 2.71. The molecule has 0 radical (unpaired) electrons. The summed E-state index contributed by atoms with van der Waals surface area (Å²) in [6.45, 7) is -0.297. The highest BCUT2D eigenvalue weighted by molar-refractivity contribution is 7.00. The number of aromatic nitrogens is 2. The molecular weight excluding hydrogens is 1320 g/mol. The number of benzene rings is 18. The van der Waals surface area contributed by atoms with E-state index in [1.165, 1.54) is 87.3 Å². The second-order valence-electron chi connectivity index (χ2n) is 28.9. The summed E-state index contributed by atoms with van der Waals surface area (Å²) in [5.41, 5.74) is 33.0. The van der Waals surface area contributed by atoms with E-state index in [9.17, 15) is 0 Å². The summed E-state index contributed by atoms with van der Waals surface area (Å²) >= 11 is 0. The van der Waals surface area contributed by atoms with Crippen molar-refractivity contribution in [2.24, 2.45) is 0 Å². The van der Waals surface area contributed by atoms with E-state index < -0.39 is 0 Å². The van der Waals surface area contributed by atoms with Crippen molar-refractivity contribution >= 4 is 122 Å². The van der Waals surface area contributed by atoms with E-state index in [1.54, 1.807) is 0 Å². The average molecular weight is 1380 g/mol. The fourth-order valence-corrected chi connectivity index (χ4v) is 18.5. The minimum Gasteiger partial charge on any atom is -0.310 e. The smallest absolute Gasteiger partial charge is 0.252 e. The van der Waals surface area contributed by atoms with Crippen molar-refractivity contribution in [2.75, 3.05) is 9.80 Å². The maximum Gasteiger partial charge on any atom is 0.252 e. The molecule has 0 spiro atoms. The Morgan fingerprint density at radius 3 is 0.881 bits per heavy atom. The molecule has 2 aromatic heterocycles. The number of fused-ring (bicyclic) bond motifs is 12. The molecule has 18 aromatic carbocycles. The predicted octanol–water partition coefficient (Wildman–Crippen LogP) is 25.9. The molecule has 20 aromatic rings. The van der Waals surface area contributed by atoms with E-state index in [1.807, 2.05) is 0 Å². The van der Waals surface area contributed by atoms with E-state index in [2.05, 4.69) is 425 Å². The zero-order chi connectivity index (χ0) is 71.6. The van der Waals surface area contributed by atoms with Gasteiger partial charge in [-0.05, 0) is 148 Å². The van der Waals surface area contributed by atoms with Gasteiger partial charge in [0.25, 0.3) is 6.71 Å². The van der Waals surface area contributed by atoms with E-state index in [-0.39, 0.29) is 6.71 Å². The summed E-state index contributed by atoms with van der Waals surface area (Å²) in [5, 5.41) is 9.61. The minimum absolute atomic E-state index is 0.297. The largest absolute Gasteiger partial charge is 0.310 e. The molecule has 109 heavy (non-hydrogen) atoms. The lowest BCUT2D eigenvalue weighted by Gasteiger charge is -2.46. The molecule has 0 fully saturated rings. The normalized spacial score (nSPS) is 12.3. The Bertz CT molecular complexity index is 6760. The van der Waals surface area contributed by atoms with Gasteiger partial charge in [-0.15, -0.1) is 0 Å². The molecule has 2 aliphatic heterocycles. The lowest BCUT2D eigenvalue weighted by Crippen LogP contribution is -2.61. The Kier molecular flexibility index (Phi) is 14.4. The van der Waals surface area contributed by atoms with Gasteiger partial charge in [-0.3, -0.25) is 0 Å². The lowest BCUT2D eigenvalue weighted by atomic mass is 9.33. The Balaban J connectivity index is 0.919. The van der Waals surface area contributed by atoms with E-state index >= 15 is 0 Å². The molecule has 506 valence electrons. The van der Waals surface area contributed by atoms with Gasteiger partial charge in [0, 0.05) is 72.2 Å². The van der Waals surface area contributed by atoms with E-state index in [4.69, 9.17) is 0 Å². The van der Waals surface area contributed by atoms with Gasteiger partial charge in [-0.1, -0.05) is 352 Å². The maximum absolute atomic E-state index is 2.71. The summed E-state index contributed by atoms with van der Waals surface area (Å²) in [5.74, 6) is 0. The third kappa shape index (κ3) is 9.73. The van der Waals surface area contributed by atoms with Crippen molar-refractivity contribution in [1.29, 1.82) is 0 Å². The Morgan fingerprint density at radius 1 is 0.183 bits per heavy atom. The van der Waals surface area contributed by atoms with Gasteiger partial charge in [0.2, 0.25) is 0 Å². The molecule has 22 rings (SSSR count). The summed E-state index contributed by atoms with van der Waals surface area (Å²) in [7, 11) is 0. The first-order valence-corrected chi connectivity index (χ1v) is 37.8. The SMILES string of the molecule is c1ccc(-c2ccccc2-c2c3ccccc3c(-c3ccc4c(c3)N(c3c(-c5ccccc5)cccc3-c3ccccc3)c3cc(-n5c6ccccc6c6ccccc65)cc5c3B4c3ccc(-n4c6ccccc6c6ccccc64)cc3N5c3c(-c4ccccc4)cccc3-c3ccccc3)c3ccccc23)cc1. The van der Waals surface area contributed by atoms with Gasteiger partial charge >= 0.3 is 0 Å². The lowest BCUT2D eigenvalue weighted by molar-refractivity contribution is 1.15. The zero-order valence-corrected chi connectivity index (χ0v) is 59.5. The van der Waals surface area contributed by atoms with Gasteiger partial charge in [0.1, 0.15) is 0 Å². The molecule has 0 aliphatic carbocycles. The predicted molar refractivity (Wildman–Crippen MR) is 462 cm³/mol. The molecule has 2 aliphatic rings. The van der Waals surface area contributed by atoms with Crippen LogP contribution in [0.2, 0.25) is 0 Å². The van der Waals surface area contributed by atoms with Crippen LogP contribution in [0.4, 0.5) is 34.1 Å². The summed E-state index contributed by atoms with van der Waals surface area (Å²) in [4.78, 5) is 5.40. The van der Waals surface area contributed by atoms with Crippen molar-refractivity contribution in [1.82, 2.24) is 9.13 Å². The first kappa shape index (κ1) is 62.2. The van der Waals surface area contributed by atoms with Crippen molar-refractivity contribution in [3.8, 4) is 89.3 Å². The fraction of sp³-hybridized carbons (Fsp3) is 0. The first-order chi connectivity index (χ1) is 54.2. The molecule has 0 N–H and O–H groups in total. The summed E-state index contributed by atoms with van der Waals surface area (Å²) in [6.07, 6.45) is 0. The van der Waals surface area contributed by atoms with Crippen molar-refractivity contribution < 1.29 is 0 Å². The van der Waals surface area contributed by atoms with Crippen LogP contribution in [0.25, 0.3) is 154 Å². The topological polar surface area (TPSA) is 16.3 Å². The monoisotopic (exact) mass is 1380 g/mol. The number of anilines is 6. The summed E-state index contributed by atoms with van der Waals surface area (Å²) in [6, 6.07) is 152. The number of nitrogens with zero attached hydrogens (tertiary/aromatic N) is 4. The van der Waals surface area contributed by atoms with Crippen molar-refractivity contribution in [3.63, 3.8) is 0 Å². The molecule has 5 heteroatoms. The Hall–Kier alpha value is -14.3. The molecule has 0 bridgehead atoms. The standard InChI is InChI=1S/C104H67BN4/c1-6-32-68(33-7-1)76-42-16-17-47-85(76)101-88-50-20-18-48-86(88)100(87-49-19-21-51-89(87)101)73-60-62-90-96(64-73)108(103-77(69-34-8-2-9-35-69)52-30-53-78(103)70-36-10-3-11-37-70)98-66-75(107-94-58-28-24-45-83(94)84-46-25-29-59-95(84)107)67-99-102(98)105(90)91-63-61-74(106-92-56-26-22-43-81(92)82-44-23-27-57-93(82)106)65-97(91)109(99)104-79(71-38-12-4-13-39-71)54-31-55-80(104)72-40-14-5-15-41-72/h1-67H. The highest BCUT2D eigenvalue weighted by Crippen LogP contribution is 2.56. The van der Waals surface area contributed by atoms with Crippen molar-refractivity contribution in [3.05, 3.63) is 406 Å². The molecule has 4 nitrogen and oxygen atoms in total. The third-order valence-electron chi connectivity index (χ3n) is 23.1. The minimum atomic E-state index is -0.297. The first-order valence-electron chi connectivity index (χ1n) is 37.8. The van der Waals surface area contributed by atoms with Crippen LogP contribution in [-0.4, -0.2) is 15.8 Å². The van der Waals surface area contributed by atoms with Crippen LogP contribution < -0.4 is 26.2 Å². The molecule has 4 heterocycles. The van der Waals surface area contributed by atoms with E-state index in [0.717, 1.165) is 118 Å². The van der Waals surface area contributed by atoms with Gasteiger partial charge in [0.05, 0.1) is 39.1 Å². The van der Waals surface area contributed by atoms with Gasteiger partial charge in [-0.2, -0.15) is 0 Å². The van der Waals surface area contributed by atoms with Crippen LogP contribution in [0.1, 0.15) is 0 Å². The zero-order valence-electron chi connectivity index (χ0n) is 59.5. The highest BCUT2D eigenvalue weighted by atomic mass is 15.2. The quantitative estimate of drug-likeness (QED) is 0.0948. The third-order valence-corrected chi connectivity index (χ3v) is 23.1. The average Bonchev–Trinajstić information content (AvgIpc) is 1.38. The van der Waals surface area contributed by atoms with Gasteiger partial charge in [-0.25, -0.2) is 0 Å². The molecule has 0 saturated heterocycles. The Labute approximate surface area is 632 Å². The molecule has 0 unspecified atom stereocenters. The summed E-state index contributed by atoms with van der Waals surface area (Å²) < 4.78 is 5.04. The second kappa shape index (κ2) is 25.2. The number of para-hydroxylation sites is 6. The molecular formula is C104H67BN4. The Morgan fingerprint density at radius 2 is 0.477 bits per heavy atom. The molecule has 0 amide bonds. The highest BCUT2D eigenvalue weighted by Gasteiger charge is 2.46. The van der Waals surface area contributed by atoms with Gasteiger partial charge < -0.3 is 18.9 Å². The van der Waals surface area contributed by atoms with E-state index in [0.29, 0.717) is 0 Å². The second-order valence-corrected chi connectivity index (χ2v) is 28.9. The van der Waals surface area contributed by atoms with Crippen molar-refractivity contribution in [2.45, 2.75) is 0 Å². The van der Waals surface area contributed by atoms with Gasteiger partial charge in [0.15, 0.2) is 0 Å². The van der Waals surface area contributed by atoms with Crippen LogP contribution in [0.15, 0.2) is 406 Å².